The third-order valence-corrected chi connectivity index (χ3v) is 11.7. The molecule has 0 spiro atoms. The van der Waals surface area contributed by atoms with Gasteiger partial charge in [-0.2, -0.15) is 10.5 Å². The summed E-state index contributed by atoms with van der Waals surface area (Å²) < 4.78 is 4.95. The molecule has 5 heterocycles. The number of carbonyl (C=O) groups is 1. The van der Waals surface area contributed by atoms with E-state index in [2.05, 4.69) is 37.3 Å². The molecule has 0 aromatic carbocycles. The number of hydrogen-bond acceptors (Lipinski definition) is 9. The molecule has 5 aromatic heterocycles. The lowest BCUT2D eigenvalue weighted by molar-refractivity contribution is -0.139. The highest BCUT2D eigenvalue weighted by atomic mass is 32.1. The third-order valence-electron chi connectivity index (χ3n) is 5.53. The standard InChI is InChI=1S/C27H18N2O2S5/c1-3-15-10-23(19-6-4-17(13-28)32-19)35-26(15)21-8-9-22(34-21)27-16(12-25(30)31-2)11-24(36-27)20-7-5-18(14-29)33-20/h4-11H,3,12H2,1-2H3. The van der Waals surface area contributed by atoms with E-state index < -0.39 is 0 Å². The quantitative estimate of drug-likeness (QED) is 0.186. The number of rotatable bonds is 7. The Kier molecular flexibility index (Phi) is 7.20. The van der Waals surface area contributed by atoms with Gasteiger partial charge in [-0.3, -0.25) is 4.79 Å². The van der Waals surface area contributed by atoms with Crippen molar-refractivity contribution in [1.29, 1.82) is 10.5 Å². The van der Waals surface area contributed by atoms with Gasteiger partial charge in [0.05, 0.1) is 13.5 Å². The summed E-state index contributed by atoms with van der Waals surface area (Å²) in [6.45, 7) is 2.16. The molecule has 4 nitrogen and oxygen atoms in total. The lowest BCUT2D eigenvalue weighted by atomic mass is 10.1. The Bertz CT molecular complexity index is 1650. The van der Waals surface area contributed by atoms with Gasteiger partial charge in [0, 0.05) is 39.0 Å². The minimum Gasteiger partial charge on any atom is -0.469 e. The summed E-state index contributed by atoms with van der Waals surface area (Å²) in [7, 11) is 1.41. The molecule has 5 aromatic rings. The van der Waals surface area contributed by atoms with Gasteiger partial charge in [-0.25, -0.2) is 0 Å². The number of carbonyl (C=O) groups excluding carboxylic acids is 1. The fourth-order valence-electron chi connectivity index (χ4n) is 3.78. The molecular weight excluding hydrogens is 545 g/mol. The van der Waals surface area contributed by atoms with Crippen LogP contribution in [0.2, 0.25) is 0 Å². The van der Waals surface area contributed by atoms with Gasteiger partial charge < -0.3 is 4.74 Å². The van der Waals surface area contributed by atoms with Crippen LogP contribution in [0.4, 0.5) is 0 Å². The molecule has 0 fully saturated rings. The van der Waals surface area contributed by atoms with Crippen molar-refractivity contribution < 1.29 is 9.53 Å². The number of nitrogens with zero attached hydrogens (tertiary/aromatic N) is 2. The van der Waals surface area contributed by atoms with Crippen LogP contribution in [-0.4, -0.2) is 13.1 Å². The zero-order valence-corrected chi connectivity index (χ0v) is 23.4. The zero-order valence-electron chi connectivity index (χ0n) is 19.3. The van der Waals surface area contributed by atoms with Crippen molar-refractivity contribution in [3.05, 3.63) is 69.4 Å². The first-order valence-electron chi connectivity index (χ1n) is 11.0. The van der Waals surface area contributed by atoms with Crippen molar-refractivity contribution in [1.82, 2.24) is 0 Å². The summed E-state index contributed by atoms with van der Waals surface area (Å²) in [6, 6.07) is 20.7. The van der Waals surface area contributed by atoms with Gasteiger partial charge >= 0.3 is 5.97 Å². The van der Waals surface area contributed by atoms with Crippen LogP contribution in [0.3, 0.4) is 0 Å². The van der Waals surface area contributed by atoms with E-state index in [1.807, 2.05) is 30.3 Å². The highest BCUT2D eigenvalue weighted by molar-refractivity contribution is 7.30. The third kappa shape index (κ3) is 4.81. The number of thiophene rings is 5. The number of hydrogen-bond donors (Lipinski definition) is 0. The van der Waals surface area contributed by atoms with Gasteiger partial charge in [-0.1, -0.05) is 6.92 Å². The first-order valence-corrected chi connectivity index (χ1v) is 15.0. The van der Waals surface area contributed by atoms with Crippen LogP contribution in [0, 0.1) is 22.7 Å². The van der Waals surface area contributed by atoms with Gasteiger partial charge in [0.2, 0.25) is 0 Å². The van der Waals surface area contributed by atoms with Crippen LogP contribution in [0.5, 0.6) is 0 Å². The molecule has 0 aliphatic heterocycles. The second-order valence-electron chi connectivity index (χ2n) is 7.75. The molecule has 0 saturated carbocycles. The lowest BCUT2D eigenvalue weighted by Gasteiger charge is -2.01. The summed E-state index contributed by atoms with van der Waals surface area (Å²) >= 11 is 8.11. The maximum atomic E-state index is 12.2. The fraction of sp³-hybridized carbons (Fsp3) is 0.148. The maximum Gasteiger partial charge on any atom is 0.310 e. The number of methoxy groups -OCH3 is 1. The van der Waals surface area contributed by atoms with Crippen LogP contribution in [-0.2, 0) is 22.4 Å². The molecular formula is C27H18N2O2S5. The molecule has 36 heavy (non-hydrogen) atoms. The van der Waals surface area contributed by atoms with Gasteiger partial charge in [0.1, 0.15) is 21.9 Å². The topological polar surface area (TPSA) is 73.9 Å². The van der Waals surface area contributed by atoms with E-state index >= 15 is 0 Å². The van der Waals surface area contributed by atoms with Crippen molar-refractivity contribution in [2.75, 3.05) is 7.11 Å². The van der Waals surface area contributed by atoms with Crippen LogP contribution >= 0.6 is 56.7 Å². The highest BCUT2D eigenvalue weighted by Gasteiger charge is 2.20. The molecule has 0 N–H and O–H groups in total. The van der Waals surface area contributed by atoms with Crippen molar-refractivity contribution in [2.24, 2.45) is 0 Å². The number of esters is 1. The Hall–Kier alpha value is -3.05. The van der Waals surface area contributed by atoms with Crippen LogP contribution in [0.15, 0.2) is 48.5 Å². The van der Waals surface area contributed by atoms with Gasteiger partial charge in [-0.05, 0) is 66.1 Å². The van der Waals surface area contributed by atoms with Crippen molar-refractivity contribution in [2.45, 2.75) is 19.8 Å². The Labute approximate surface area is 228 Å². The second-order valence-corrected chi connectivity index (χ2v) is 13.1. The molecule has 0 saturated heterocycles. The number of aryl methyl sites for hydroxylation is 1. The van der Waals surface area contributed by atoms with E-state index in [0.29, 0.717) is 4.88 Å². The lowest BCUT2D eigenvalue weighted by Crippen LogP contribution is -2.04. The normalized spacial score (nSPS) is 10.8. The molecule has 5 rings (SSSR count). The largest absolute Gasteiger partial charge is 0.469 e. The second kappa shape index (κ2) is 10.5. The summed E-state index contributed by atoms with van der Waals surface area (Å²) in [4.78, 5) is 22.5. The Morgan fingerprint density at radius 3 is 1.69 bits per heavy atom. The summed E-state index contributed by atoms with van der Waals surface area (Å²) in [5.41, 5.74) is 2.23. The molecule has 0 amide bonds. The van der Waals surface area contributed by atoms with Gasteiger partial charge in [0.15, 0.2) is 0 Å². The SMILES string of the molecule is CCc1cc(-c2ccc(C#N)s2)sc1-c1ccc(-c2sc(-c3ccc(C#N)s3)cc2CC(=O)OC)s1. The molecule has 0 bridgehead atoms. The van der Waals surface area contributed by atoms with E-state index in [4.69, 9.17) is 4.74 Å². The van der Waals surface area contributed by atoms with E-state index in [9.17, 15) is 15.3 Å². The van der Waals surface area contributed by atoms with E-state index in [0.717, 1.165) is 41.2 Å². The number of ether oxygens (including phenoxy) is 1. The predicted molar refractivity (Wildman–Crippen MR) is 152 cm³/mol. The van der Waals surface area contributed by atoms with E-state index in [1.165, 1.54) is 50.0 Å². The molecule has 0 aliphatic rings. The molecule has 0 aliphatic carbocycles. The smallest absolute Gasteiger partial charge is 0.310 e. The average molecular weight is 563 g/mol. The monoisotopic (exact) mass is 562 g/mol. The minimum absolute atomic E-state index is 0.203. The first kappa shape index (κ1) is 24.6. The Morgan fingerprint density at radius 1 is 0.722 bits per heavy atom. The molecule has 0 unspecified atom stereocenters. The Balaban J connectivity index is 1.53. The molecule has 9 heteroatoms. The summed E-state index contributed by atoms with van der Waals surface area (Å²) in [5.74, 6) is -0.273. The van der Waals surface area contributed by atoms with Crippen LogP contribution < -0.4 is 0 Å². The summed E-state index contributed by atoms with van der Waals surface area (Å²) in [5, 5.41) is 18.4. The predicted octanol–water partition coefficient (Wildman–Crippen LogP) is 8.68. The van der Waals surface area contributed by atoms with Crippen molar-refractivity contribution in [3.8, 4) is 51.2 Å². The van der Waals surface area contributed by atoms with E-state index in [1.54, 1.807) is 34.0 Å². The number of nitriles is 2. The van der Waals surface area contributed by atoms with Gasteiger partial charge in [-0.15, -0.1) is 56.7 Å². The van der Waals surface area contributed by atoms with Gasteiger partial charge in [0.25, 0.3) is 0 Å². The highest BCUT2D eigenvalue weighted by Crippen LogP contribution is 2.47. The van der Waals surface area contributed by atoms with Crippen molar-refractivity contribution in [3.63, 3.8) is 0 Å². The maximum absolute atomic E-state index is 12.2. The zero-order chi connectivity index (χ0) is 25.2. The van der Waals surface area contributed by atoms with Crippen LogP contribution in [0.25, 0.3) is 39.0 Å². The van der Waals surface area contributed by atoms with Crippen LogP contribution in [0.1, 0.15) is 27.8 Å². The Morgan fingerprint density at radius 2 is 1.22 bits per heavy atom. The molecule has 178 valence electrons. The van der Waals surface area contributed by atoms with Crippen molar-refractivity contribution >= 4 is 62.7 Å². The molecule has 0 atom stereocenters. The minimum atomic E-state index is -0.273. The first-order chi connectivity index (χ1) is 17.5. The average Bonchev–Trinajstić information content (AvgIpc) is 3.72. The summed E-state index contributed by atoms with van der Waals surface area (Å²) in [6.07, 6.45) is 1.13. The fourth-order valence-corrected chi connectivity index (χ4v) is 9.28. The van der Waals surface area contributed by atoms with E-state index in [-0.39, 0.29) is 12.4 Å². The molecule has 0 radical (unpaired) electrons.